The second-order valence-electron chi connectivity index (χ2n) is 3.99. The molecule has 3 N–H and O–H groups in total. The van der Waals surface area contributed by atoms with Crippen LogP contribution in [0, 0.1) is 0 Å². The molecule has 0 fully saturated rings. The molecule has 0 spiro atoms. The van der Waals surface area contributed by atoms with Crippen molar-refractivity contribution < 1.29 is 4.79 Å². The van der Waals surface area contributed by atoms with Crippen LogP contribution in [0.15, 0.2) is 51.4 Å². The maximum Gasteiger partial charge on any atom is 0.255 e. The molecule has 2 aromatic carbocycles. The van der Waals surface area contributed by atoms with E-state index in [1.807, 2.05) is 18.2 Å². The Morgan fingerprint density at radius 1 is 1.00 bits per heavy atom. The van der Waals surface area contributed by atoms with Crippen LogP contribution < -0.4 is 11.1 Å². The Labute approximate surface area is 138 Å². The molecule has 0 atom stereocenters. The summed E-state index contributed by atoms with van der Waals surface area (Å²) in [7, 11) is 0. The van der Waals surface area contributed by atoms with Gasteiger partial charge in [-0.2, -0.15) is 0 Å². The lowest BCUT2D eigenvalue weighted by Gasteiger charge is -2.09. The maximum atomic E-state index is 12.2. The van der Waals surface area contributed by atoms with Crippen molar-refractivity contribution in [3.8, 4) is 0 Å². The van der Waals surface area contributed by atoms with Gasteiger partial charge in [0.15, 0.2) is 0 Å². The molecular weight excluding hydrogens is 404 g/mol. The van der Waals surface area contributed by atoms with Gasteiger partial charge in [0, 0.05) is 20.1 Å². The molecule has 2 rings (SSSR count). The molecule has 0 bridgehead atoms. The predicted molar refractivity (Wildman–Crippen MR) is 92.1 cm³/mol. The maximum absolute atomic E-state index is 12.2. The summed E-state index contributed by atoms with van der Waals surface area (Å²) in [5, 5.41) is 2.85. The normalized spacial score (nSPS) is 10.1. The van der Waals surface area contributed by atoms with Gasteiger partial charge < -0.3 is 11.1 Å². The molecular formula is C14H10Br2N2OS. The van der Waals surface area contributed by atoms with Crippen molar-refractivity contribution in [1.29, 1.82) is 0 Å². The number of hydrogen-bond donors (Lipinski definition) is 2. The molecule has 0 saturated heterocycles. The van der Waals surface area contributed by atoms with Crippen molar-refractivity contribution in [1.82, 2.24) is 0 Å². The van der Waals surface area contributed by atoms with Gasteiger partial charge >= 0.3 is 0 Å². The van der Waals surface area contributed by atoms with Crippen LogP contribution in [0.3, 0.4) is 0 Å². The lowest BCUT2D eigenvalue weighted by molar-refractivity contribution is 0.102. The fourth-order valence-electron chi connectivity index (χ4n) is 1.59. The molecule has 1 amide bonds. The van der Waals surface area contributed by atoms with Gasteiger partial charge in [0.05, 0.1) is 5.69 Å². The van der Waals surface area contributed by atoms with E-state index in [1.165, 1.54) is 0 Å². The number of para-hydroxylation sites is 1. The molecule has 0 aliphatic heterocycles. The summed E-state index contributed by atoms with van der Waals surface area (Å²) >= 11 is 11.7. The smallest absolute Gasteiger partial charge is 0.255 e. The first-order valence-corrected chi connectivity index (χ1v) is 7.63. The minimum Gasteiger partial charge on any atom is -0.389 e. The van der Waals surface area contributed by atoms with E-state index in [0.717, 1.165) is 14.5 Å². The van der Waals surface area contributed by atoms with E-state index in [2.05, 4.69) is 37.2 Å². The lowest BCUT2D eigenvalue weighted by Crippen LogP contribution is -2.14. The zero-order valence-corrected chi connectivity index (χ0v) is 14.2. The van der Waals surface area contributed by atoms with E-state index in [1.54, 1.807) is 24.3 Å². The largest absolute Gasteiger partial charge is 0.389 e. The summed E-state index contributed by atoms with van der Waals surface area (Å²) in [6.07, 6.45) is 0. The van der Waals surface area contributed by atoms with Gasteiger partial charge in [-0.15, -0.1) is 0 Å². The van der Waals surface area contributed by atoms with Crippen molar-refractivity contribution in [3.63, 3.8) is 0 Å². The Hall–Kier alpha value is -1.24. The number of carbonyl (C=O) groups is 1. The molecule has 0 radical (unpaired) electrons. The van der Waals surface area contributed by atoms with Crippen LogP contribution >= 0.6 is 44.1 Å². The van der Waals surface area contributed by atoms with E-state index in [4.69, 9.17) is 18.0 Å². The summed E-state index contributed by atoms with van der Waals surface area (Å²) in [5.74, 6) is -0.202. The first kappa shape index (κ1) is 15.2. The Balaban J connectivity index is 2.22. The van der Waals surface area contributed by atoms with E-state index >= 15 is 0 Å². The number of carbonyl (C=O) groups excluding carboxylic acids is 1. The average molecular weight is 414 g/mol. The average Bonchev–Trinajstić information content (AvgIpc) is 2.43. The minimum absolute atomic E-state index is 0.202. The number of hydrogen-bond acceptors (Lipinski definition) is 2. The van der Waals surface area contributed by atoms with Gasteiger partial charge in [0.25, 0.3) is 5.91 Å². The van der Waals surface area contributed by atoms with Crippen LogP contribution in [0.5, 0.6) is 0 Å². The van der Waals surface area contributed by atoms with E-state index in [-0.39, 0.29) is 5.91 Å². The number of benzene rings is 2. The Morgan fingerprint density at radius 3 is 2.00 bits per heavy atom. The molecule has 0 aliphatic carbocycles. The molecule has 0 heterocycles. The van der Waals surface area contributed by atoms with Crippen molar-refractivity contribution in [3.05, 3.63) is 62.5 Å². The van der Waals surface area contributed by atoms with Crippen LogP contribution in [0.4, 0.5) is 5.69 Å². The highest BCUT2D eigenvalue weighted by molar-refractivity contribution is 9.11. The number of rotatable bonds is 3. The Kier molecular flexibility index (Phi) is 4.91. The van der Waals surface area contributed by atoms with Gasteiger partial charge in [-0.05, 0) is 56.1 Å². The third-order valence-corrected chi connectivity index (χ3v) is 4.19. The van der Waals surface area contributed by atoms with Crippen molar-refractivity contribution in [2.75, 3.05) is 5.32 Å². The first-order valence-electron chi connectivity index (χ1n) is 5.64. The van der Waals surface area contributed by atoms with Crippen LogP contribution in [-0.2, 0) is 0 Å². The number of anilines is 1. The third-order valence-electron chi connectivity index (χ3n) is 2.63. The fourth-order valence-corrected chi connectivity index (χ4v) is 2.92. The van der Waals surface area contributed by atoms with Crippen LogP contribution in [0.2, 0.25) is 0 Å². The number of amides is 1. The van der Waals surface area contributed by atoms with Crippen LogP contribution in [0.1, 0.15) is 15.9 Å². The molecule has 2 aromatic rings. The fraction of sp³-hybridized carbons (Fsp3) is 0. The van der Waals surface area contributed by atoms with Gasteiger partial charge in [-0.25, -0.2) is 0 Å². The highest BCUT2D eigenvalue weighted by Gasteiger charge is 2.11. The summed E-state index contributed by atoms with van der Waals surface area (Å²) in [6.45, 7) is 0. The molecule has 0 aliphatic rings. The van der Waals surface area contributed by atoms with Gasteiger partial charge in [0.1, 0.15) is 4.99 Å². The molecule has 6 heteroatoms. The molecule has 20 heavy (non-hydrogen) atoms. The van der Waals surface area contributed by atoms with Crippen molar-refractivity contribution in [2.24, 2.45) is 5.73 Å². The Bertz CT molecular complexity index is 651. The quantitative estimate of drug-likeness (QED) is 0.744. The minimum atomic E-state index is -0.202. The monoisotopic (exact) mass is 412 g/mol. The predicted octanol–water partition coefficient (Wildman–Crippen LogP) is 4.10. The summed E-state index contributed by atoms with van der Waals surface area (Å²) < 4.78 is 1.61. The topological polar surface area (TPSA) is 55.1 Å². The SMILES string of the molecule is NC(=S)c1ccc(C(=O)Nc2c(Br)cccc2Br)cc1. The van der Waals surface area contributed by atoms with Crippen molar-refractivity contribution in [2.45, 2.75) is 0 Å². The number of thiocarbonyl (C=S) groups is 1. The molecule has 3 nitrogen and oxygen atoms in total. The number of halogens is 2. The van der Waals surface area contributed by atoms with Gasteiger partial charge in [0.2, 0.25) is 0 Å². The summed E-state index contributed by atoms with van der Waals surface area (Å²) in [6, 6.07) is 12.4. The molecule has 102 valence electrons. The number of nitrogens with two attached hydrogens (primary N) is 1. The van der Waals surface area contributed by atoms with Gasteiger partial charge in [-0.3, -0.25) is 4.79 Å². The van der Waals surface area contributed by atoms with Crippen LogP contribution in [-0.4, -0.2) is 10.9 Å². The molecule has 0 unspecified atom stereocenters. The first-order chi connectivity index (χ1) is 9.49. The standard InChI is InChI=1S/C14H10Br2N2OS/c15-10-2-1-3-11(16)12(10)18-14(19)9-6-4-8(5-7-9)13(17)20/h1-7H,(H2,17,20)(H,18,19). The molecule has 0 aromatic heterocycles. The van der Waals surface area contributed by atoms with Gasteiger partial charge in [-0.1, -0.05) is 30.4 Å². The van der Waals surface area contributed by atoms with E-state index in [0.29, 0.717) is 16.2 Å². The highest BCUT2D eigenvalue weighted by Crippen LogP contribution is 2.30. The zero-order chi connectivity index (χ0) is 14.7. The molecule has 0 saturated carbocycles. The summed E-state index contributed by atoms with van der Waals surface area (Å²) in [4.78, 5) is 12.5. The van der Waals surface area contributed by atoms with E-state index < -0.39 is 0 Å². The van der Waals surface area contributed by atoms with E-state index in [9.17, 15) is 4.79 Å². The van der Waals surface area contributed by atoms with Crippen molar-refractivity contribution >= 4 is 60.7 Å². The second-order valence-corrected chi connectivity index (χ2v) is 6.14. The Morgan fingerprint density at radius 2 is 1.50 bits per heavy atom. The van der Waals surface area contributed by atoms with Crippen LogP contribution in [0.25, 0.3) is 0 Å². The highest BCUT2D eigenvalue weighted by atomic mass is 79.9. The number of nitrogens with one attached hydrogen (secondary N) is 1. The lowest BCUT2D eigenvalue weighted by atomic mass is 10.1. The summed E-state index contributed by atoms with van der Waals surface area (Å²) in [5.41, 5.74) is 7.48. The second kappa shape index (κ2) is 6.47. The zero-order valence-electron chi connectivity index (χ0n) is 10.2. The third kappa shape index (κ3) is 3.45.